The van der Waals surface area contributed by atoms with Crippen molar-refractivity contribution in [3.8, 4) is 0 Å². The highest BCUT2D eigenvalue weighted by Crippen LogP contribution is 2.29. The van der Waals surface area contributed by atoms with Gasteiger partial charge in [0.05, 0.1) is 12.6 Å². The van der Waals surface area contributed by atoms with Gasteiger partial charge in [-0.3, -0.25) is 9.59 Å². The molecule has 0 radical (unpaired) electrons. The van der Waals surface area contributed by atoms with Crippen LogP contribution in [0.15, 0.2) is 100 Å². The fourth-order valence-corrected chi connectivity index (χ4v) is 3.55. The average molecular weight is 416 g/mol. The van der Waals surface area contributed by atoms with E-state index in [-0.39, 0.29) is 29.6 Å². The van der Waals surface area contributed by atoms with Gasteiger partial charge in [-0.25, -0.2) is 4.39 Å². The number of rotatable bonds is 6. The van der Waals surface area contributed by atoms with E-state index in [1.807, 2.05) is 30.3 Å². The molecular weight excluding hydrogens is 395 g/mol. The molecule has 0 aliphatic carbocycles. The molecule has 0 fully saturated rings. The van der Waals surface area contributed by atoms with Gasteiger partial charge >= 0.3 is 0 Å². The number of hydrogen-bond donors (Lipinski definition) is 0. The lowest BCUT2D eigenvalue weighted by atomic mass is 9.97. The zero-order valence-corrected chi connectivity index (χ0v) is 16.9. The number of benzene rings is 2. The molecule has 2 aromatic heterocycles. The Bertz CT molecular complexity index is 1230. The van der Waals surface area contributed by atoms with Crippen LogP contribution < -0.4 is 5.56 Å². The Labute approximate surface area is 179 Å². The number of aromatic nitrogens is 1. The molecule has 4 rings (SSSR count). The van der Waals surface area contributed by atoms with E-state index in [0.717, 1.165) is 11.1 Å². The Balaban J connectivity index is 1.62. The van der Waals surface area contributed by atoms with Gasteiger partial charge < -0.3 is 13.9 Å². The highest BCUT2D eigenvalue weighted by Gasteiger charge is 2.26. The molecule has 5 nitrogen and oxygen atoms in total. The van der Waals surface area contributed by atoms with Crippen molar-refractivity contribution in [1.29, 1.82) is 0 Å². The number of carbonyl (C=O) groups is 1. The summed E-state index contributed by atoms with van der Waals surface area (Å²) < 4.78 is 20.7. The molecule has 0 spiro atoms. The molecule has 4 aromatic rings. The van der Waals surface area contributed by atoms with E-state index in [1.165, 1.54) is 22.8 Å². The van der Waals surface area contributed by atoms with Gasteiger partial charge in [0.25, 0.3) is 11.5 Å². The Morgan fingerprint density at radius 3 is 2.32 bits per heavy atom. The van der Waals surface area contributed by atoms with Gasteiger partial charge in [0, 0.05) is 19.3 Å². The number of furan rings is 1. The smallest absolute Gasteiger partial charge is 0.290 e. The van der Waals surface area contributed by atoms with E-state index in [1.54, 1.807) is 54.5 Å². The van der Waals surface area contributed by atoms with Gasteiger partial charge in [-0.1, -0.05) is 48.5 Å². The molecule has 0 aliphatic rings. The monoisotopic (exact) mass is 416 g/mol. The SMILES string of the molecule is CN(C(=O)c1ccc(Cn2ccccc2=O)o1)C(c1ccccc1)c1ccc(F)cc1. The molecule has 1 unspecified atom stereocenters. The summed E-state index contributed by atoms with van der Waals surface area (Å²) in [6.07, 6.45) is 1.67. The summed E-state index contributed by atoms with van der Waals surface area (Å²) in [7, 11) is 1.69. The Kier molecular flexibility index (Phi) is 5.80. The quantitative estimate of drug-likeness (QED) is 0.465. The van der Waals surface area contributed by atoms with E-state index >= 15 is 0 Å². The third-order valence-electron chi connectivity index (χ3n) is 5.11. The Morgan fingerprint density at radius 1 is 0.935 bits per heavy atom. The minimum Gasteiger partial charge on any atom is -0.454 e. The van der Waals surface area contributed by atoms with Crippen LogP contribution in [0.3, 0.4) is 0 Å². The summed E-state index contributed by atoms with van der Waals surface area (Å²) in [5, 5.41) is 0. The van der Waals surface area contributed by atoms with E-state index < -0.39 is 6.04 Å². The molecule has 0 aliphatic heterocycles. The maximum Gasteiger partial charge on any atom is 0.290 e. The minimum absolute atomic E-state index is 0.149. The van der Waals surface area contributed by atoms with Crippen LogP contribution in [0.2, 0.25) is 0 Å². The molecule has 156 valence electrons. The maximum absolute atomic E-state index is 13.5. The van der Waals surface area contributed by atoms with Crippen LogP contribution in [-0.2, 0) is 6.54 Å². The van der Waals surface area contributed by atoms with Crippen LogP contribution in [0.1, 0.15) is 33.5 Å². The first-order valence-corrected chi connectivity index (χ1v) is 9.84. The zero-order valence-electron chi connectivity index (χ0n) is 16.9. The van der Waals surface area contributed by atoms with Gasteiger partial charge in [-0.2, -0.15) is 0 Å². The maximum atomic E-state index is 13.5. The summed E-state index contributed by atoms with van der Waals surface area (Å²) >= 11 is 0. The molecule has 2 heterocycles. The first-order valence-electron chi connectivity index (χ1n) is 9.84. The molecule has 1 amide bonds. The standard InChI is InChI=1S/C25H21FN2O3/c1-27(24(18-7-3-2-4-8-18)19-10-12-20(26)13-11-19)25(30)22-15-14-21(31-22)17-28-16-6-5-9-23(28)29/h2-16,24H,17H2,1H3. The van der Waals surface area contributed by atoms with Gasteiger partial charge in [0.2, 0.25) is 0 Å². The van der Waals surface area contributed by atoms with Crippen LogP contribution in [0.4, 0.5) is 4.39 Å². The third kappa shape index (κ3) is 4.48. The number of nitrogens with zero attached hydrogens (tertiary/aromatic N) is 2. The molecule has 0 saturated carbocycles. The van der Waals surface area contributed by atoms with E-state index in [2.05, 4.69) is 0 Å². The first-order chi connectivity index (χ1) is 15.0. The number of halogens is 1. The summed E-state index contributed by atoms with van der Waals surface area (Å²) in [6, 6.07) is 23.4. The van der Waals surface area contributed by atoms with Crippen molar-refractivity contribution in [2.24, 2.45) is 0 Å². The second kappa shape index (κ2) is 8.83. The van der Waals surface area contributed by atoms with Gasteiger partial charge in [0.15, 0.2) is 5.76 Å². The number of amides is 1. The van der Waals surface area contributed by atoms with Crippen LogP contribution in [0.25, 0.3) is 0 Å². The number of hydrogen-bond acceptors (Lipinski definition) is 3. The zero-order chi connectivity index (χ0) is 21.8. The molecule has 0 N–H and O–H groups in total. The van der Waals surface area contributed by atoms with Gasteiger partial charge in [-0.05, 0) is 41.5 Å². The molecule has 0 bridgehead atoms. The third-order valence-corrected chi connectivity index (χ3v) is 5.11. The summed E-state index contributed by atoms with van der Waals surface area (Å²) in [4.78, 5) is 26.7. The van der Waals surface area contributed by atoms with Gasteiger partial charge in [0.1, 0.15) is 11.6 Å². The highest BCUT2D eigenvalue weighted by atomic mass is 19.1. The molecule has 6 heteroatoms. The molecule has 2 aromatic carbocycles. The van der Waals surface area contributed by atoms with Gasteiger partial charge in [-0.15, -0.1) is 0 Å². The average Bonchev–Trinajstić information content (AvgIpc) is 3.25. The van der Waals surface area contributed by atoms with Crippen molar-refractivity contribution >= 4 is 5.91 Å². The minimum atomic E-state index is -0.417. The molecule has 0 saturated heterocycles. The summed E-state index contributed by atoms with van der Waals surface area (Å²) in [5.74, 6) is 0.0221. The lowest BCUT2D eigenvalue weighted by Crippen LogP contribution is -2.31. The number of pyridine rings is 1. The Hall–Kier alpha value is -3.93. The van der Waals surface area contributed by atoms with E-state index in [4.69, 9.17) is 4.42 Å². The van der Waals surface area contributed by atoms with Crippen molar-refractivity contribution < 1.29 is 13.6 Å². The predicted molar refractivity (Wildman–Crippen MR) is 115 cm³/mol. The second-order valence-electron chi connectivity index (χ2n) is 7.21. The van der Waals surface area contributed by atoms with Crippen molar-refractivity contribution in [3.63, 3.8) is 0 Å². The van der Waals surface area contributed by atoms with E-state index in [9.17, 15) is 14.0 Å². The molecule has 1 atom stereocenters. The topological polar surface area (TPSA) is 55.5 Å². The van der Waals surface area contributed by atoms with Crippen LogP contribution in [0, 0.1) is 5.82 Å². The molecule has 31 heavy (non-hydrogen) atoms. The van der Waals surface area contributed by atoms with E-state index in [0.29, 0.717) is 5.76 Å². The summed E-state index contributed by atoms with van der Waals surface area (Å²) in [6.45, 7) is 0.233. The predicted octanol–water partition coefficient (Wildman–Crippen LogP) is 4.49. The fourth-order valence-electron chi connectivity index (χ4n) is 3.55. The summed E-state index contributed by atoms with van der Waals surface area (Å²) in [5.41, 5.74) is 1.53. The van der Waals surface area contributed by atoms with Crippen molar-refractivity contribution in [2.45, 2.75) is 12.6 Å². The Morgan fingerprint density at radius 2 is 1.61 bits per heavy atom. The van der Waals surface area contributed by atoms with Crippen LogP contribution >= 0.6 is 0 Å². The molecular formula is C25H21FN2O3. The lowest BCUT2D eigenvalue weighted by Gasteiger charge is -2.28. The number of carbonyl (C=O) groups excluding carboxylic acids is 1. The van der Waals surface area contributed by atoms with Crippen LogP contribution in [0.5, 0.6) is 0 Å². The second-order valence-corrected chi connectivity index (χ2v) is 7.21. The van der Waals surface area contributed by atoms with Crippen molar-refractivity contribution in [3.05, 3.63) is 130 Å². The van der Waals surface area contributed by atoms with Crippen molar-refractivity contribution in [1.82, 2.24) is 9.47 Å². The fraction of sp³-hybridized carbons (Fsp3) is 0.120. The highest BCUT2D eigenvalue weighted by molar-refractivity contribution is 5.92. The van der Waals surface area contributed by atoms with Crippen LogP contribution in [-0.4, -0.2) is 22.4 Å². The first kappa shape index (κ1) is 20.3. The largest absolute Gasteiger partial charge is 0.454 e. The van der Waals surface area contributed by atoms with Crippen molar-refractivity contribution in [2.75, 3.05) is 7.05 Å². The normalized spacial score (nSPS) is 11.8. The lowest BCUT2D eigenvalue weighted by molar-refractivity contribution is 0.0721.